The van der Waals surface area contributed by atoms with E-state index in [1.54, 1.807) is 35.3 Å². The van der Waals surface area contributed by atoms with Crippen LogP contribution >= 0.6 is 24.0 Å². The number of hydrogen-bond acceptors (Lipinski definition) is 5. The van der Waals surface area contributed by atoms with E-state index in [4.69, 9.17) is 12.2 Å². The van der Waals surface area contributed by atoms with Crippen LogP contribution in [0.15, 0.2) is 41.3 Å². The largest absolute Gasteiger partial charge is 0.293 e. The number of nitro groups is 1. The first-order chi connectivity index (χ1) is 10.0. The molecule has 0 bridgehead atoms. The minimum absolute atomic E-state index is 0.0518. The fourth-order valence-corrected chi connectivity index (χ4v) is 3.08. The Balaban J connectivity index is 2.08. The van der Waals surface area contributed by atoms with Crippen molar-refractivity contribution in [3.63, 3.8) is 0 Å². The Morgan fingerprint density at radius 2 is 2.05 bits per heavy atom. The summed E-state index contributed by atoms with van der Waals surface area (Å²) < 4.78 is 0.567. The lowest BCUT2D eigenvalue weighted by Crippen LogP contribution is -2.27. The molecule has 1 fully saturated rings. The second-order valence-corrected chi connectivity index (χ2v) is 5.83. The number of carbonyl (C=O) groups is 1. The van der Waals surface area contributed by atoms with Crippen molar-refractivity contribution in [2.75, 3.05) is 6.54 Å². The number of likely N-dealkylation sites (N-methyl/N-ethyl adjacent to an activating group) is 1. The van der Waals surface area contributed by atoms with Gasteiger partial charge in [0.1, 0.15) is 4.32 Å². The molecule has 0 aliphatic carbocycles. The van der Waals surface area contributed by atoms with Crippen LogP contribution in [0.25, 0.3) is 6.08 Å². The lowest BCUT2D eigenvalue weighted by atomic mass is 10.2. The summed E-state index contributed by atoms with van der Waals surface area (Å²) in [5.41, 5.74) is 0.874. The molecule has 0 aromatic heterocycles. The average Bonchev–Trinajstić information content (AvgIpc) is 2.73. The minimum atomic E-state index is -0.441. The van der Waals surface area contributed by atoms with Crippen molar-refractivity contribution < 1.29 is 9.72 Å². The molecule has 0 unspecified atom stereocenters. The number of thioether (sulfide) groups is 1. The van der Waals surface area contributed by atoms with Gasteiger partial charge in [-0.3, -0.25) is 19.8 Å². The van der Waals surface area contributed by atoms with Gasteiger partial charge in [0.2, 0.25) is 0 Å². The number of benzene rings is 1. The summed E-state index contributed by atoms with van der Waals surface area (Å²) in [6.07, 6.45) is 5.22. The molecular formula is C14H12N2O3S2. The molecule has 0 radical (unpaired) electrons. The predicted octanol–water partition coefficient (Wildman–Crippen LogP) is 3.37. The van der Waals surface area contributed by atoms with Gasteiger partial charge in [0.05, 0.1) is 9.83 Å². The van der Waals surface area contributed by atoms with Gasteiger partial charge in [-0.05, 0) is 30.7 Å². The molecule has 108 valence electrons. The summed E-state index contributed by atoms with van der Waals surface area (Å²) in [5, 5.41) is 10.5. The maximum atomic E-state index is 11.9. The van der Waals surface area contributed by atoms with Crippen LogP contribution in [-0.2, 0) is 4.79 Å². The minimum Gasteiger partial charge on any atom is -0.293 e. The normalized spacial score (nSPS) is 17.2. The maximum Gasteiger partial charge on any atom is 0.269 e. The number of hydrogen-bond donors (Lipinski definition) is 0. The summed E-state index contributed by atoms with van der Waals surface area (Å²) in [5.74, 6) is -0.0825. The zero-order valence-electron chi connectivity index (χ0n) is 11.2. The first-order valence-corrected chi connectivity index (χ1v) is 7.42. The fourth-order valence-electron chi connectivity index (χ4n) is 1.74. The number of amides is 1. The highest BCUT2D eigenvalue weighted by Gasteiger charge is 2.29. The van der Waals surface area contributed by atoms with E-state index in [1.165, 1.54) is 23.9 Å². The van der Waals surface area contributed by atoms with Crippen LogP contribution in [-0.4, -0.2) is 26.6 Å². The summed E-state index contributed by atoms with van der Waals surface area (Å²) in [6.45, 7) is 2.44. The zero-order chi connectivity index (χ0) is 15.4. The van der Waals surface area contributed by atoms with E-state index < -0.39 is 4.92 Å². The number of nitrogens with zero attached hydrogens (tertiary/aromatic N) is 2. The van der Waals surface area contributed by atoms with Crippen molar-refractivity contribution in [3.8, 4) is 0 Å². The number of thiocarbonyl (C=S) groups is 1. The van der Waals surface area contributed by atoms with Crippen LogP contribution in [0.4, 0.5) is 5.69 Å². The Labute approximate surface area is 131 Å². The van der Waals surface area contributed by atoms with Gasteiger partial charge in [-0.2, -0.15) is 0 Å². The maximum absolute atomic E-state index is 11.9. The Hall–Kier alpha value is -1.99. The molecule has 1 saturated heterocycles. The number of allylic oxidation sites excluding steroid dienone is 2. The molecule has 1 aromatic carbocycles. The Kier molecular flexibility index (Phi) is 4.87. The second kappa shape index (κ2) is 6.64. The van der Waals surface area contributed by atoms with E-state index in [0.717, 1.165) is 5.56 Å². The summed E-state index contributed by atoms with van der Waals surface area (Å²) in [6, 6.07) is 6.19. The van der Waals surface area contributed by atoms with Gasteiger partial charge in [0, 0.05) is 18.7 Å². The molecular weight excluding hydrogens is 308 g/mol. The quantitative estimate of drug-likeness (QED) is 0.368. The summed E-state index contributed by atoms with van der Waals surface area (Å²) in [7, 11) is 0. The van der Waals surface area contributed by atoms with Crippen LogP contribution < -0.4 is 0 Å². The average molecular weight is 320 g/mol. The van der Waals surface area contributed by atoms with Gasteiger partial charge >= 0.3 is 0 Å². The monoisotopic (exact) mass is 320 g/mol. The van der Waals surface area contributed by atoms with Crippen molar-refractivity contribution >= 4 is 46.0 Å². The van der Waals surface area contributed by atoms with Crippen LogP contribution in [0.2, 0.25) is 0 Å². The topological polar surface area (TPSA) is 63.5 Å². The molecule has 1 aromatic rings. The molecule has 0 N–H and O–H groups in total. The molecule has 0 spiro atoms. The van der Waals surface area contributed by atoms with E-state index in [0.29, 0.717) is 15.8 Å². The molecule has 1 aliphatic rings. The summed E-state index contributed by atoms with van der Waals surface area (Å²) >= 11 is 6.39. The molecule has 21 heavy (non-hydrogen) atoms. The zero-order valence-corrected chi connectivity index (χ0v) is 12.8. The third-order valence-corrected chi connectivity index (χ3v) is 4.23. The highest BCUT2D eigenvalue weighted by atomic mass is 32.2. The molecule has 1 heterocycles. The van der Waals surface area contributed by atoms with Crippen molar-refractivity contribution in [1.29, 1.82) is 0 Å². The van der Waals surface area contributed by atoms with E-state index in [-0.39, 0.29) is 11.6 Å². The number of nitro benzene ring substituents is 1. The van der Waals surface area contributed by atoms with E-state index in [2.05, 4.69) is 0 Å². The first-order valence-electron chi connectivity index (χ1n) is 6.19. The van der Waals surface area contributed by atoms with E-state index >= 15 is 0 Å². The molecule has 0 saturated carbocycles. The third-order valence-electron chi connectivity index (χ3n) is 2.83. The smallest absolute Gasteiger partial charge is 0.269 e. The van der Waals surface area contributed by atoms with Crippen LogP contribution in [0.1, 0.15) is 12.5 Å². The second-order valence-electron chi connectivity index (χ2n) is 4.16. The van der Waals surface area contributed by atoms with Crippen molar-refractivity contribution in [1.82, 2.24) is 4.90 Å². The molecule has 5 nitrogen and oxygen atoms in total. The van der Waals surface area contributed by atoms with Crippen LogP contribution in [0, 0.1) is 10.1 Å². The van der Waals surface area contributed by atoms with Crippen molar-refractivity contribution in [3.05, 3.63) is 57.0 Å². The van der Waals surface area contributed by atoms with Gasteiger partial charge in [0.25, 0.3) is 11.6 Å². The number of carbonyl (C=O) groups excluding carboxylic acids is 1. The highest BCUT2D eigenvalue weighted by Crippen LogP contribution is 2.30. The number of non-ortho nitro benzene ring substituents is 1. The molecule has 7 heteroatoms. The third kappa shape index (κ3) is 3.56. The summed E-state index contributed by atoms with van der Waals surface area (Å²) in [4.78, 5) is 24.2. The standard InChI is InChI=1S/C14H12N2O3S2/c1-2-15-13(17)12(21-14(15)20)5-3-4-10-6-8-11(9-7-10)16(18)19/h3-9H,2H2,1H3/b4-3+,12-5-. The van der Waals surface area contributed by atoms with Crippen LogP contribution in [0.3, 0.4) is 0 Å². The first kappa shape index (κ1) is 15.4. The molecule has 1 amide bonds. The van der Waals surface area contributed by atoms with Gasteiger partial charge in [0.15, 0.2) is 0 Å². The lowest BCUT2D eigenvalue weighted by molar-refractivity contribution is -0.384. The van der Waals surface area contributed by atoms with Gasteiger partial charge in [-0.15, -0.1) is 0 Å². The van der Waals surface area contributed by atoms with Gasteiger partial charge in [-0.1, -0.05) is 36.1 Å². The molecule has 0 atom stereocenters. The van der Waals surface area contributed by atoms with Gasteiger partial charge in [-0.25, -0.2) is 0 Å². The van der Waals surface area contributed by atoms with E-state index in [9.17, 15) is 14.9 Å². The molecule has 2 rings (SSSR count). The fraction of sp³-hybridized carbons (Fsp3) is 0.143. The highest BCUT2D eigenvalue weighted by molar-refractivity contribution is 8.26. The van der Waals surface area contributed by atoms with E-state index in [1.807, 2.05) is 6.92 Å². The Morgan fingerprint density at radius 1 is 1.38 bits per heavy atom. The van der Waals surface area contributed by atoms with Crippen LogP contribution in [0.5, 0.6) is 0 Å². The Bertz CT molecular complexity index is 651. The van der Waals surface area contributed by atoms with Gasteiger partial charge < -0.3 is 0 Å². The number of rotatable bonds is 4. The SMILES string of the molecule is CCN1C(=O)/C(=C/C=C/c2ccc([N+](=O)[O-])cc2)SC1=S. The lowest BCUT2D eigenvalue weighted by Gasteiger charge is -2.09. The Morgan fingerprint density at radius 3 is 2.57 bits per heavy atom. The van der Waals surface area contributed by atoms with Crippen molar-refractivity contribution in [2.24, 2.45) is 0 Å². The van der Waals surface area contributed by atoms with Crippen molar-refractivity contribution in [2.45, 2.75) is 6.92 Å². The molecule has 1 aliphatic heterocycles. The predicted molar refractivity (Wildman–Crippen MR) is 87.8 cm³/mol.